The molecule has 1 saturated carbocycles. The van der Waals surface area contributed by atoms with Gasteiger partial charge in [0.1, 0.15) is 0 Å². The Morgan fingerprint density at radius 1 is 1.29 bits per heavy atom. The second kappa shape index (κ2) is 9.04. The number of aromatic nitrogens is 1. The summed E-state index contributed by atoms with van der Waals surface area (Å²) in [7, 11) is 0. The van der Waals surface area contributed by atoms with Crippen LogP contribution in [0.1, 0.15) is 31.7 Å². The monoisotopic (exact) mass is 417 g/mol. The highest BCUT2D eigenvalue weighted by Gasteiger charge is 2.47. The van der Waals surface area contributed by atoms with Crippen molar-refractivity contribution >= 4 is 11.8 Å². The molecule has 1 aromatic heterocycles. The molecule has 0 spiro atoms. The molecule has 5 nitrogen and oxygen atoms in total. The zero-order chi connectivity index (χ0) is 21.8. The molecule has 162 valence electrons. The van der Waals surface area contributed by atoms with E-state index in [1.165, 1.54) is 0 Å². The van der Waals surface area contributed by atoms with Crippen LogP contribution in [0.4, 0.5) is 0 Å². The van der Waals surface area contributed by atoms with E-state index in [-0.39, 0.29) is 17.7 Å². The fourth-order valence-corrected chi connectivity index (χ4v) is 4.83. The Balaban J connectivity index is 1.66. The third-order valence-electron chi connectivity index (χ3n) is 6.72. The van der Waals surface area contributed by atoms with E-state index in [0.717, 1.165) is 42.5 Å². The van der Waals surface area contributed by atoms with E-state index in [0.29, 0.717) is 25.4 Å². The van der Waals surface area contributed by atoms with Gasteiger partial charge in [-0.2, -0.15) is 0 Å². The van der Waals surface area contributed by atoms with Gasteiger partial charge in [-0.1, -0.05) is 43.3 Å². The van der Waals surface area contributed by atoms with Gasteiger partial charge in [-0.15, -0.1) is 6.58 Å². The zero-order valence-corrected chi connectivity index (χ0v) is 18.2. The van der Waals surface area contributed by atoms with Crippen LogP contribution in [0.3, 0.4) is 0 Å². The quantitative estimate of drug-likeness (QED) is 0.696. The Morgan fingerprint density at radius 2 is 2.10 bits per heavy atom. The Kier molecular flexibility index (Phi) is 6.21. The maximum atomic E-state index is 13.4. The van der Waals surface area contributed by atoms with Crippen molar-refractivity contribution in [3.8, 4) is 11.1 Å². The molecule has 4 rings (SSSR count). The second-order valence-electron chi connectivity index (χ2n) is 9.04. The summed E-state index contributed by atoms with van der Waals surface area (Å²) < 4.78 is 0. The number of benzene rings is 1. The van der Waals surface area contributed by atoms with Gasteiger partial charge in [-0.3, -0.25) is 14.6 Å². The van der Waals surface area contributed by atoms with E-state index >= 15 is 0 Å². The van der Waals surface area contributed by atoms with Crippen LogP contribution in [0.5, 0.6) is 0 Å². The Hall–Kier alpha value is -2.95. The zero-order valence-electron chi connectivity index (χ0n) is 18.2. The first-order valence-corrected chi connectivity index (χ1v) is 11.2. The minimum Gasteiger partial charge on any atom is -0.352 e. The van der Waals surface area contributed by atoms with Crippen LogP contribution in [-0.2, 0) is 16.0 Å². The fourth-order valence-electron chi connectivity index (χ4n) is 4.83. The van der Waals surface area contributed by atoms with E-state index < -0.39 is 5.41 Å². The molecule has 2 aromatic rings. The fraction of sp³-hybridized carbons (Fsp3) is 0.423. The predicted molar refractivity (Wildman–Crippen MR) is 122 cm³/mol. The van der Waals surface area contributed by atoms with Crippen LogP contribution >= 0.6 is 0 Å². The summed E-state index contributed by atoms with van der Waals surface area (Å²) in [6.07, 6.45) is 8.48. The van der Waals surface area contributed by atoms with Crippen LogP contribution in [0.2, 0.25) is 0 Å². The van der Waals surface area contributed by atoms with E-state index in [1.54, 1.807) is 12.3 Å². The third-order valence-corrected chi connectivity index (χ3v) is 6.72. The van der Waals surface area contributed by atoms with Gasteiger partial charge in [-0.05, 0) is 48.8 Å². The highest BCUT2D eigenvalue weighted by atomic mass is 16.2. The lowest BCUT2D eigenvalue weighted by Crippen LogP contribution is -2.55. The van der Waals surface area contributed by atoms with E-state index in [2.05, 4.69) is 35.9 Å². The molecular weight excluding hydrogens is 386 g/mol. The Morgan fingerprint density at radius 3 is 2.81 bits per heavy atom. The topological polar surface area (TPSA) is 62.3 Å². The van der Waals surface area contributed by atoms with Gasteiger partial charge >= 0.3 is 0 Å². The number of nitrogens with one attached hydrogen (secondary N) is 1. The molecule has 3 atom stereocenters. The molecule has 0 radical (unpaired) electrons. The highest BCUT2D eigenvalue weighted by Crippen LogP contribution is 2.42. The van der Waals surface area contributed by atoms with Crippen LogP contribution in [0.25, 0.3) is 11.1 Å². The maximum Gasteiger partial charge on any atom is 0.228 e. The number of carbonyl (C=O) groups is 2. The van der Waals surface area contributed by atoms with Gasteiger partial charge in [0.05, 0.1) is 5.41 Å². The van der Waals surface area contributed by atoms with Gasteiger partial charge in [-0.25, -0.2) is 0 Å². The van der Waals surface area contributed by atoms with Crippen LogP contribution in [-0.4, -0.2) is 41.3 Å². The van der Waals surface area contributed by atoms with Crippen LogP contribution in [0, 0.1) is 17.3 Å². The number of hydrogen-bond donors (Lipinski definition) is 1. The molecule has 1 aliphatic carbocycles. The van der Waals surface area contributed by atoms with Crippen molar-refractivity contribution in [3.05, 3.63) is 67.0 Å². The number of carbonyl (C=O) groups excluding carboxylic acids is 2. The molecule has 5 heteroatoms. The highest BCUT2D eigenvalue weighted by molar-refractivity contribution is 5.86. The molecule has 1 N–H and O–H groups in total. The summed E-state index contributed by atoms with van der Waals surface area (Å²) in [5.41, 5.74) is 2.59. The number of hydrogen-bond acceptors (Lipinski definition) is 3. The average Bonchev–Trinajstić information content (AvgIpc) is 3.54. The van der Waals surface area contributed by atoms with Crippen molar-refractivity contribution in [2.24, 2.45) is 17.3 Å². The molecule has 2 fully saturated rings. The van der Waals surface area contributed by atoms with E-state index in [4.69, 9.17) is 0 Å². The number of pyridine rings is 1. The third kappa shape index (κ3) is 4.55. The Labute approximate surface area is 184 Å². The lowest BCUT2D eigenvalue weighted by Gasteiger charge is -2.42. The lowest BCUT2D eigenvalue weighted by molar-refractivity contribution is -0.142. The molecule has 1 aromatic carbocycles. The first-order chi connectivity index (χ1) is 15.0. The van der Waals surface area contributed by atoms with Gasteiger partial charge < -0.3 is 10.2 Å². The first kappa shape index (κ1) is 21.3. The smallest absolute Gasteiger partial charge is 0.228 e. The van der Waals surface area contributed by atoms with E-state index in [1.807, 2.05) is 35.4 Å². The SMILES string of the molecule is C=CCNC(=O)[C@]1(Cc2ccccc2-c2cccnc2)CCCN(C(=O)[C@@H]2C[C@H]2C)C1. The van der Waals surface area contributed by atoms with Gasteiger partial charge in [0.2, 0.25) is 11.8 Å². The number of amides is 2. The number of likely N-dealkylation sites (tertiary alicyclic amines) is 1. The minimum absolute atomic E-state index is 0.00901. The standard InChI is InChI=1S/C26H31N3O2/c1-3-12-28-25(31)26(11-7-14-29(18-26)24(30)23-15-19(23)2)16-20-8-4-5-10-22(20)21-9-6-13-27-17-21/h3-6,8-10,13,17,19,23H,1,7,11-12,14-16,18H2,2H3,(H,28,31)/t19-,23-,26+/m1/s1. The van der Waals surface area contributed by atoms with Crippen molar-refractivity contribution in [3.63, 3.8) is 0 Å². The van der Waals surface area contributed by atoms with E-state index in [9.17, 15) is 9.59 Å². The summed E-state index contributed by atoms with van der Waals surface area (Å²) in [6.45, 7) is 7.50. The van der Waals surface area contributed by atoms with Crippen molar-refractivity contribution < 1.29 is 9.59 Å². The summed E-state index contributed by atoms with van der Waals surface area (Å²) in [6, 6.07) is 12.2. The lowest BCUT2D eigenvalue weighted by atomic mass is 9.73. The molecule has 2 heterocycles. The molecular formula is C26H31N3O2. The molecule has 0 unspecified atom stereocenters. The average molecular weight is 418 g/mol. The summed E-state index contributed by atoms with van der Waals surface area (Å²) in [5.74, 6) is 0.822. The van der Waals surface area contributed by atoms with Crippen LogP contribution in [0.15, 0.2) is 61.4 Å². The Bertz CT molecular complexity index is 958. The molecule has 2 amide bonds. The minimum atomic E-state index is -0.645. The largest absolute Gasteiger partial charge is 0.352 e. The maximum absolute atomic E-state index is 13.4. The normalized spacial score (nSPS) is 25.0. The van der Waals surface area contributed by atoms with Crippen molar-refractivity contribution in [1.82, 2.24) is 15.2 Å². The molecule has 1 saturated heterocycles. The molecule has 31 heavy (non-hydrogen) atoms. The number of rotatable bonds is 7. The summed E-state index contributed by atoms with van der Waals surface area (Å²) in [5, 5.41) is 3.03. The van der Waals surface area contributed by atoms with Crippen molar-refractivity contribution in [2.75, 3.05) is 19.6 Å². The molecule has 2 aliphatic rings. The van der Waals surface area contributed by atoms with Gasteiger partial charge in [0, 0.05) is 43.5 Å². The second-order valence-corrected chi connectivity index (χ2v) is 9.04. The number of nitrogens with zero attached hydrogens (tertiary/aromatic N) is 2. The van der Waals surface area contributed by atoms with Gasteiger partial charge in [0.15, 0.2) is 0 Å². The van der Waals surface area contributed by atoms with Crippen molar-refractivity contribution in [2.45, 2.75) is 32.6 Å². The summed E-state index contributed by atoms with van der Waals surface area (Å²) in [4.78, 5) is 32.7. The summed E-state index contributed by atoms with van der Waals surface area (Å²) >= 11 is 0. The van der Waals surface area contributed by atoms with Gasteiger partial charge in [0.25, 0.3) is 0 Å². The predicted octanol–water partition coefficient (Wildman–Crippen LogP) is 3.86. The number of piperidine rings is 1. The first-order valence-electron chi connectivity index (χ1n) is 11.2. The van der Waals surface area contributed by atoms with Crippen molar-refractivity contribution in [1.29, 1.82) is 0 Å². The molecule has 0 bridgehead atoms. The molecule has 1 aliphatic heterocycles. The van der Waals surface area contributed by atoms with Crippen LogP contribution < -0.4 is 5.32 Å².